The fourth-order valence-corrected chi connectivity index (χ4v) is 2.72. The Bertz CT molecular complexity index is 719. The highest BCUT2D eigenvalue weighted by Crippen LogP contribution is 2.39. The molecule has 22 heavy (non-hydrogen) atoms. The van der Waals surface area contributed by atoms with Gasteiger partial charge in [0.05, 0.1) is 10.6 Å². The number of benzene rings is 2. The molecular formula is C17H15ClO4. The molecular weight excluding hydrogens is 304 g/mol. The first-order valence-electron chi connectivity index (χ1n) is 6.86. The molecule has 5 heteroatoms. The van der Waals surface area contributed by atoms with Gasteiger partial charge in [0.25, 0.3) is 0 Å². The van der Waals surface area contributed by atoms with Crippen molar-refractivity contribution in [2.24, 2.45) is 0 Å². The van der Waals surface area contributed by atoms with Gasteiger partial charge in [-0.1, -0.05) is 28.8 Å². The smallest absolute Gasteiger partial charge is 0.338 e. The predicted octanol–water partition coefficient (Wildman–Crippen LogP) is 4.04. The molecule has 0 fully saturated rings. The first-order valence-corrected chi connectivity index (χ1v) is 7.24. The van der Waals surface area contributed by atoms with Gasteiger partial charge in [0.1, 0.15) is 6.61 Å². The van der Waals surface area contributed by atoms with Gasteiger partial charge in [-0.3, -0.25) is 0 Å². The van der Waals surface area contributed by atoms with Gasteiger partial charge < -0.3 is 14.2 Å². The van der Waals surface area contributed by atoms with Crippen molar-refractivity contribution >= 4 is 17.6 Å². The van der Waals surface area contributed by atoms with Crippen LogP contribution in [0.15, 0.2) is 30.3 Å². The number of carbonyl (C=O) groups is 1. The second-order valence-corrected chi connectivity index (χ2v) is 5.67. The molecule has 0 amide bonds. The van der Waals surface area contributed by atoms with Crippen molar-refractivity contribution in [3.8, 4) is 11.5 Å². The van der Waals surface area contributed by atoms with Crippen LogP contribution in [0.25, 0.3) is 0 Å². The Hall–Kier alpha value is -2.20. The molecule has 0 aliphatic carbocycles. The van der Waals surface area contributed by atoms with E-state index in [4.69, 9.17) is 25.8 Å². The van der Waals surface area contributed by atoms with E-state index in [1.54, 1.807) is 12.1 Å². The van der Waals surface area contributed by atoms with Crippen LogP contribution in [0.5, 0.6) is 11.5 Å². The van der Waals surface area contributed by atoms with E-state index in [-0.39, 0.29) is 19.4 Å². The maximum atomic E-state index is 12.1. The van der Waals surface area contributed by atoms with Gasteiger partial charge in [0.2, 0.25) is 6.79 Å². The third kappa shape index (κ3) is 3.02. The Balaban J connectivity index is 1.72. The second kappa shape index (κ2) is 5.89. The zero-order chi connectivity index (χ0) is 15.7. The van der Waals surface area contributed by atoms with Crippen LogP contribution in [-0.4, -0.2) is 12.8 Å². The summed E-state index contributed by atoms with van der Waals surface area (Å²) < 4.78 is 15.9. The molecule has 0 saturated carbocycles. The molecule has 1 heterocycles. The van der Waals surface area contributed by atoms with E-state index in [0.717, 1.165) is 16.7 Å². The molecule has 0 N–H and O–H groups in total. The van der Waals surface area contributed by atoms with Crippen LogP contribution in [-0.2, 0) is 11.3 Å². The van der Waals surface area contributed by atoms with Crippen LogP contribution in [0.4, 0.5) is 0 Å². The van der Waals surface area contributed by atoms with Gasteiger partial charge >= 0.3 is 5.97 Å². The minimum Gasteiger partial charge on any atom is -0.457 e. The number of hydrogen-bond acceptors (Lipinski definition) is 4. The normalized spacial score (nSPS) is 12.3. The lowest BCUT2D eigenvalue weighted by atomic mass is 10.1. The average Bonchev–Trinajstić information content (AvgIpc) is 2.92. The van der Waals surface area contributed by atoms with Crippen LogP contribution in [0.3, 0.4) is 0 Å². The fourth-order valence-electron chi connectivity index (χ4n) is 2.43. The van der Waals surface area contributed by atoms with Crippen molar-refractivity contribution in [2.75, 3.05) is 6.79 Å². The molecule has 2 aromatic rings. The third-order valence-electron chi connectivity index (χ3n) is 3.31. The Morgan fingerprint density at radius 2 is 1.86 bits per heavy atom. The summed E-state index contributed by atoms with van der Waals surface area (Å²) in [6.45, 7) is 4.17. The summed E-state index contributed by atoms with van der Waals surface area (Å²) in [6, 6.07) is 9.10. The predicted molar refractivity (Wildman–Crippen MR) is 82.6 cm³/mol. The number of fused-ring (bicyclic) bond motifs is 1. The first-order chi connectivity index (χ1) is 10.5. The molecule has 4 nitrogen and oxygen atoms in total. The standard InChI is InChI=1S/C17H15ClO4/c1-10-3-11(2)5-13(4-10)17(19)20-8-12-6-14(18)16-15(7-12)21-9-22-16/h3-7H,8-9H2,1-2H3. The molecule has 0 bridgehead atoms. The van der Waals surface area contributed by atoms with E-state index in [9.17, 15) is 4.79 Å². The van der Waals surface area contributed by atoms with Crippen LogP contribution >= 0.6 is 11.6 Å². The monoisotopic (exact) mass is 318 g/mol. The molecule has 3 rings (SSSR count). The minimum absolute atomic E-state index is 0.127. The number of ether oxygens (including phenoxy) is 3. The Labute approximate surface area is 133 Å². The summed E-state index contributed by atoms with van der Waals surface area (Å²) >= 11 is 6.10. The van der Waals surface area contributed by atoms with Crippen molar-refractivity contribution in [3.63, 3.8) is 0 Å². The highest BCUT2D eigenvalue weighted by molar-refractivity contribution is 6.32. The Kier molecular flexibility index (Phi) is 3.94. The van der Waals surface area contributed by atoms with Crippen LogP contribution in [0.2, 0.25) is 5.02 Å². The molecule has 2 aromatic carbocycles. The highest BCUT2D eigenvalue weighted by Gasteiger charge is 2.19. The number of hydrogen-bond donors (Lipinski definition) is 0. The molecule has 114 valence electrons. The lowest BCUT2D eigenvalue weighted by molar-refractivity contribution is 0.0472. The zero-order valence-corrected chi connectivity index (χ0v) is 13.1. The fraction of sp³-hybridized carbons (Fsp3) is 0.235. The van der Waals surface area contributed by atoms with E-state index in [0.29, 0.717) is 22.1 Å². The second-order valence-electron chi connectivity index (χ2n) is 5.26. The molecule has 0 aromatic heterocycles. The molecule has 0 unspecified atom stereocenters. The maximum absolute atomic E-state index is 12.1. The number of aryl methyl sites for hydroxylation is 2. The van der Waals surface area contributed by atoms with Crippen LogP contribution in [0.1, 0.15) is 27.0 Å². The van der Waals surface area contributed by atoms with Gasteiger partial charge in [0.15, 0.2) is 11.5 Å². The summed E-state index contributed by atoms with van der Waals surface area (Å²) in [5.41, 5.74) is 3.35. The maximum Gasteiger partial charge on any atom is 0.338 e. The SMILES string of the molecule is Cc1cc(C)cc(C(=O)OCc2cc(Cl)c3c(c2)OCO3)c1. The Morgan fingerprint density at radius 1 is 1.14 bits per heavy atom. The van der Waals surface area contributed by atoms with Crippen molar-refractivity contribution in [3.05, 3.63) is 57.6 Å². The van der Waals surface area contributed by atoms with E-state index < -0.39 is 0 Å². The van der Waals surface area contributed by atoms with Crippen molar-refractivity contribution in [1.82, 2.24) is 0 Å². The largest absolute Gasteiger partial charge is 0.457 e. The summed E-state index contributed by atoms with van der Waals surface area (Å²) in [5.74, 6) is 0.747. The highest BCUT2D eigenvalue weighted by atomic mass is 35.5. The quantitative estimate of drug-likeness (QED) is 0.801. The lowest BCUT2D eigenvalue weighted by Crippen LogP contribution is -2.06. The molecule has 1 aliphatic heterocycles. The zero-order valence-electron chi connectivity index (χ0n) is 12.3. The number of halogens is 1. The summed E-state index contributed by atoms with van der Waals surface area (Å²) in [4.78, 5) is 12.1. The average molecular weight is 319 g/mol. The molecule has 0 spiro atoms. The van der Waals surface area contributed by atoms with E-state index in [1.165, 1.54) is 0 Å². The van der Waals surface area contributed by atoms with Crippen molar-refractivity contribution in [2.45, 2.75) is 20.5 Å². The van der Waals surface area contributed by atoms with Gasteiger partial charge in [-0.05, 0) is 43.7 Å². The van der Waals surface area contributed by atoms with E-state index >= 15 is 0 Å². The van der Waals surface area contributed by atoms with Gasteiger partial charge in [-0.25, -0.2) is 4.79 Å². The number of carbonyl (C=O) groups excluding carboxylic acids is 1. The molecule has 0 radical (unpaired) electrons. The first kappa shape index (κ1) is 14.7. The van der Waals surface area contributed by atoms with Gasteiger partial charge in [-0.15, -0.1) is 0 Å². The van der Waals surface area contributed by atoms with Gasteiger partial charge in [-0.2, -0.15) is 0 Å². The third-order valence-corrected chi connectivity index (χ3v) is 3.60. The van der Waals surface area contributed by atoms with E-state index in [2.05, 4.69) is 0 Å². The number of esters is 1. The summed E-state index contributed by atoms with van der Waals surface area (Å²) in [7, 11) is 0. The van der Waals surface area contributed by atoms with Crippen LogP contribution in [0, 0.1) is 13.8 Å². The molecule has 1 aliphatic rings. The Morgan fingerprint density at radius 3 is 2.59 bits per heavy atom. The molecule has 0 saturated heterocycles. The topological polar surface area (TPSA) is 44.8 Å². The van der Waals surface area contributed by atoms with Gasteiger partial charge in [0, 0.05) is 0 Å². The summed E-state index contributed by atoms with van der Waals surface area (Å²) in [5, 5.41) is 0.451. The lowest BCUT2D eigenvalue weighted by Gasteiger charge is -2.08. The minimum atomic E-state index is -0.361. The summed E-state index contributed by atoms with van der Waals surface area (Å²) in [6.07, 6.45) is 0. The molecule has 0 atom stereocenters. The van der Waals surface area contributed by atoms with Crippen molar-refractivity contribution < 1.29 is 19.0 Å². The van der Waals surface area contributed by atoms with E-state index in [1.807, 2.05) is 32.0 Å². The van der Waals surface area contributed by atoms with Crippen molar-refractivity contribution in [1.29, 1.82) is 0 Å². The van der Waals surface area contributed by atoms with Crippen LogP contribution < -0.4 is 9.47 Å². The number of rotatable bonds is 3.